The SMILES string of the molecule is CS(=O)(=O)N(CCC(=O)NC1CCCCC1)Cc1ccccc1F. The average molecular weight is 356 g/mol. The molecule has 0 spiro atoms. The lowest BCUT2D eigenvalue weighted by molar-refractivity contribution is -0.122. The second-order valence-electron chi connectivity index (χ2n) is 6.34. The Morgan fingerprint density at radius 2 is 1.92 bits per heavy atom. The third kappa shape index (κ3) is 5.87. The van der Waals surface area contributed by atoms with Gasteiger partial charge in [-0.25, -0.2) is 12.8 Å². The summed E-state index contributed by atoms with van der Waals surface area (Å²) in [7, 11) is -3.52. The molecule has 0 saturated heterocycles. The van der Waals surface area contributed by atoms with Gasteiger partial charge in [-0.2, -0.15) is 4.31 Å². The number of hydrogen-bond donors (Lipinski definition) is 1. The molecule has 0 heterocycles. The predicted octanol–water partition coefficient (Wildman–Crippen LogP) is 2.43. The number of rotatable bonds is 7. The Bertz CT molecular complexity index is 658. The Morgan fingerprint density at radius 3 is 2.54 bits per heavy atom. The van der Waals surface area contributed by atoms with Crippen molar-refractivity contribution in [1.29, 1.82) is 0 Å². The molecule has 1 aliphatic carbocycles. The molecule has 0 radical (unpaired) electrons. The van der Waals surface area contributed by atoms with E-state index in [4.69, 9.17) is 0 Å². The summed E-state index contributed by atoms with van der Waals surface area (Å²) in [5, 5.41) is 2.97. The summed E-state index contributed by atoms with van der Waals surface area (Å²) in [6, 6.07) is 6.27. The molecule has 134 valence electrons. The molecular formula is C17H25FN2O3S. The van der Waals surface area contributed by atoms with Gasteiger partial charge in [0.25, 0.3) is 0 Å². The molecule has 0 atom stereocenters. The molecule has 1 N–H and O–H groups in total. The summed E-state index contributed by atoms with van der Waals surface area (Å²) in [4.78, 5) is 12.1. The predicted molar refractivity (Wildman–Crippen MR) is 91.3 cm³/mol. The molecule has 0 aliphatic heterocycles. The smallest absolute Gasteiger partial charge is 0.221 e. The monoisotopic (exact) mass is 356 g/mol. The van der Waals surface area contributed by atoms with E-state index in [0.717, 1.165) is 36.2 Å². The molecule has 0 bridgehead atoms. The van der Waals surface area contributed by atoms with E-state index < -0.39 is 15.8 Å². The Morgan fingerprint density at radius 1 is 1.25 bits per heavy atom. The van der Waals surface area contributed by atoms with Gasteiger partial charge in [-0.3, -0.25) is 4.79 Å². The largest absolute Gasteiger partial charge is 0.353 e. The second kappa shape index (κ2) is 8.58. The number of carbonyl (C=O) groups excluding carboxylic acids is 1. The van der Waals surface area contributed by atoms with E-state index in [0.29, 0.717) is 5.56 Å². The van der Waals surface area contributed by atoms with E-state index in [1.807, 2.05) is 0 Å². The topological polar surface area (TPSA) is 66.5 Å². The van der Waals surface area contributed by atoms with Gasteiger partial charge in [-0.1, -0.05) is 37.5 Å². The van der Waals surface area contributed by atoms with E-state index in [1.54, 1.807) is 18.2 Å². The van der Waals surface area contributed by atoms with E-state index in [9.17, 15) is 17.6 Å². The molecule has 0 unspecified atom stereocenters. The lowest BCUT2D eigenvalue weighted by Crippen LogP contribution is -2.39. The van der Waals surface area contributed by atoms with Crippen LogP contribution in [0.5, 0.6) is 0 Å². The third-order valence-corrected chi connectivity index (χ3v) is 5.58. The van der Waals surface area contributed by atoms with Crippen LogP contribution >= 0.6 is 0 Å². The van der Waals surface area contributed by atoms with Crippen molar-refractivity contribution in [3.05, 3.63) is 35.6 Å². The first kappa shape index (κ1) is 18.9. The van der Waals surface area contributed by atoms with E-state index in [-0.39, 0.29) is 31.5 Å². The minimum atomic E-state index is -3.52. The summed E-state index contributed by atoms with van der Waals surface area (Å²) in [6.07, 6.45) is 6.57. The maximum atomic E-state index is 13.7. The van der Waals surface area contributed by atoms with E-state index in [1.165, 1.54) is 12.5 Å². The van der Waals surface area contributed by atoms with Gasteiger partial charge in [0.1, 0.15) is 5.82 Å². The maximum absolute atomic E-state index is 13.7. The molecule has 1 amide bonds. The highest BCUT2D eigenvalue weighted by atomic mass is 32.2. The lowest BCUT2D eigenvalue weighted by Gasteiger charge is -2.24. The Kier molecular flexibility index (Phi) is 6.74. The lowest BCUT2D eigenvalue weighted by atomic mass is 9.95. The molecule has 1 saturated carbocycles. The van der Waals surface area contributed by atoms with E-state index in [2.05, 4.69) is 5.32 Å². The highest BCUT2D eigenvalue weighted by molar-refractivity contribution is 7.88. The summed E-state index contributed by atoms with van der Waals surface area (Å²) < 4.78 is 38.7. The quantitative estimate of drug-likeness (QED) is 0.816. The zero-order valence-corrected chi connectivity index (χ0v) is 14.8. The number of benzene rings is 1. The minimum Gasteiger partial charge on any atom is -0.353 e. The first-order valence-electron chi connectivity index (χ1n) is 8.34. The van der Waals surface area contributed by atoms with Crippen molar-refractivity contribution >= 4 is 15.9 Å². The van der Waals surface area contributed by atoms with Gasteiger partial charge in [0, 0.05) is 31.1 Å². The number of nitrogens with zero attached hydrogens (tertiary/aromatic N) is 1. The molecule has 1 aromatic rings. The Hall–Kier alpha value is -1.47. The van der Waals surface area contributed by atoms with Gasteiger partial charge in [0.05, 0.1) is 6.26 Å². The van der Waals surface area contributed by atoms with Crippen molar-refractivity contribution < 1.29 is 17.6 Å². The molecule has 2 rings (SSSR count). The van der Waals surface area contributed by atoms with Crippen LogP contribution in [0.4, 0.5) is 4.39 Å². The van der Waals surface area contributed by atoms with Gasteiger partial charge in [-0.15, -0.1) is 0 Å². The molecule has 1 fully saturated rings. The number of sulfonamides is 1. The summed E-state index contributed by atoms with van der Waals surface area (Å²) >= 11 is 0. The fourth-order valence-corrected chi connectivity index (χ4v) is 3.75. The van der Waals surface area contributed by atoms with Crippen molar-refractivity contribution in [2.75, 3.05) is 12.8 Å². The van der Waals surface area contributed by atoms with Gasteiger partial charge in [-0.05, 0) is 18.9 Å². The number of nitrogens with one attached hydrogen (secondary N) is 1. The van der Waals surface area contributed by atoms with Crippen LogP contribution in [0.2, 0.25) is 0 Å². The second-order valence-corrected chi connectivity index (χ2v) is 8.32. The van der Waals surface area contributed by atoms with Crippen LogP contribution in [-0.4, -0.2) is 37.5 Å². The summed E-state index contributed by atoms with van der Waals surface area (Å²) in [5.41, 5.74) is 0.301. The standard InChI is InChI=1S/C17H25FN2O3S/c1-24(22,23)20(13-14-7-5-6-10-16(14)18)12-11-17(21)19-15-8-3-2-4-9-15/h5-7,10,15H,2-4,8-9,11-13H2,1H3,(H,19,21). The zero-order valence-electron chi connectivity index (χ0n) is 14.0. The fourth-order valence-electron chi connectivity index (χ4n) is 2.95. The van der Waals surface area contributed by atoms with Crippen LogP contribution in [-0.2, 0) is 21.4 Å². The molecule has 5 nitrogen and oxygen atoms in total. The van der Waals surface area contributed by atoms with Gasteiger partial charge < -0.3 is 5.32 Å². The maximum Gasteiger partial charge on any atom is 0.221 e. The number of hydrogen-bond acceptors (Lipinski definition) is 3. The van der Waals surface area contributed by atoms with Crippen LogP contribution in [0, 0.1) is 5.82 Å². The minimum absolute atomic E-state index is 0.0473. The molecule has 24 heavy (non-hydrogen) atoms. The molecule has 1 aliphatic rings. The van der Waals surface area contributed by atoms with Gasteiger partial charge in [0.2, 0.25) is 15.9 Å². The highest BCUT2D eigenvalue weighted by Crippen LogP contribution is 2.17. The van der Waals surface area contributed by atoms with Crippen molar-refractivity contribution in [2.45, 2.75) is 51.1 Å². The first-order chi connectivity index (χ1) is 11.4. The van der Waals surface area contributed by atoms with Crippen molar-refractivity contribution in [3.63, 3.8) is 0 Å². The molecule has 1 aromatic carbocycles. The van der Waals surface area contributed by atoms with Crippen LogP contribution in [0.1, 0.15) is 44.1 Å². The Balaban J connectivity index is 1.92. The van der Waals surface area contributed by atoms with E-state index >= 15 is 0 Å². The third-order valence-electron chi connectivity index (χ3n) is 4.33. The Labute approximate surface area is 143 Å². The van der Waals surface area contributed by atoms with Crippen molar-refractivity contribution in [2.24, 2.45) is 0 Å². The van der Waals surface area contributed by atoms with Crippen LogP contribution in [0.25, 0.3) is 0 Å². The summed E-state index contributed by atoms with van der Waals surface area (Å²) in [5.74, 6) is -0.595. The number of halogens is 1. The van der Waals surface area contributed by atoms with Gasteiger partial charge >= 0.3 is 0 Å². The molecule has 0 aromatic heterocycles. The number of carbonyl (C=O) groups is 1. The van der Waals surface area contributed by atoms with Gasteiger partial charge in [0.15, 0.2) is 0 Å². The van der Waals surface area contributed by atoms with Crippen molar-refractivity contribution in [3.8, 4) is 0 Å². The van der Waals surface area contributed by atoms with Crippen molar-refractivity contribution in [1.82, 2.24) is 9.62 Å². The van der Waals surface area contributed by atoms with Crippen LogP contribution < -0.4 is 5.32 Å². The first-order valence-corrected chi connectivity index (χ1v) is 10.2. The normalized spacial score (nSPS) is 16.3. The van der Waals surface area contributed by atoms with Crippen LogP contribution in [0.15, 0.2) is 24.3 Å². The average Bonchev–Trinajstić information content (AvgIpc) is 2.53. The van der Waals surface area contributed by atoms with Crippen LogP contribution in [0.3, 0.4) is 0 Å². The zero-order chi connectivity index (χ0) is 17.6. The fraction of sp³-hybridized carbons (Fsp3) is 0.588. The number of amides is 1. The molecule has 7 heteroatoms. The highest BCUT2D eigenvalue weighted by Gasteiger charge is 2.21. The summed E-state index contributed by atoms with van der Waals surface area (Å²) in [6.45, 7) is -0.0199. The molecular weight excluding hydrogens is 331 g/mol.